The molecule has 2 rings (SSSR count). The Morgan fingerprint density at radius 1 is 1.17 bits per heavy atom. The smallest absolute Gasteiger partial charge is 0.142 e. The molecule has 94 valence electrons. The molecule has 0 heterocycles. The van der Waals surface area contributed by atoms with Crippen LogP contribution in [-0.4, -0.2) is 6.61 Å². The van der Waals surface area contributed by atoms with Crippen molar-refractivity contribution in [2.75, 3.05) is 12.3 Å². The van der Waals surface area contributed by atoms with E-state index in [1.807, 2.05) is 24.3 Å². The van der Waals surface area contributed by atoms with E-state index < -0.39 is 5.82 Å². The number of benzene rings is 2. The second-order valence-corrected chi connectivity index (χ2v) is 4.28. The zero-order chi connectivity index (χ0) is 13.0. The number of nitrogen functional groups attached to an aromatic ring is 1. The highest BCUT2D eigenvalue weighted by Gasteiger charge is 2.02. The van der Waals surface area contributed by atoms with E-state index in [1.54, 1.807) is 6.07 Å². The maximum Gasteiger partial charge on any atom is 0.142 e. The van der Waals surface area contributed by atoms with Gasteiger partial charge in [-0.3, -0.25) is 0 Å². The third kappa shape index (κ3) is 3.14. The summed E-state index contributed by atoms with van der Waals surface area (Å²) in [6.45, 7) is 0.468. The third-order valence-electron chi connectivity index (χ3n) is 2.59. The van der Waals surface area contributed by atoms with Gasteiger partial charge in [0.25, 0.3) is 0 Å². The average molecular weight is 266 g/mol. The molecule has 0 atom stereocenters. The van der Waals surface area contributed by atoms with Crippen molar-refractivity contribution in [3.8, 4) is 5.75 Å². The average Bonchev–Trinajstić information content (AvgIpc) is 2.36. The van der Waals surface area contributed by atoms with Crippen LogP contribution in [0.25, 0.3) is 0 Å². The second kappa shape index (κ2) is 5.74. The molecule has 0 amide bonds. The standard InChI is InChI=1S/C14H13ClFNO/c15-12-9-11(5-6-13(12)16)18-8-7-10-3-1-2-4-14(10)17/h1-6,9H,7-8,17H2. The Hall–Kier alpha value is -1.74. The molecule has 0 spiro atoms. The summed E-state index contributed by atoms with van der Waals surface area (Å²) in [5.74, 6) is 0.104. The van der Waals surface area contributed by atoms with Gasteiger partial charge < -0.3 is 10.5 Å². The summed E-state index contributed by atoms with van der Waals surface area (Å²) >= 11 is 5.66. The van der Waals surface area contributed by atoms with Crippen molar-refractivity contribution in [3.63, 3.8) is 0 Å². The van der Waals surface area contributed by atoms with E-state index in [2.05, 4.69) is 0 Å². The maximum atomic E-state index is 12.9. The van der Waals surface area contributed by atoms with Crippen molar-refractivity contribution in [2.24, 2.45) is 0 Å². The first kappa shape index (κ1) is 12.7. The van der Waals surface area contributed by atoms with Gasteiger partial charge in [-0.05, 0) is 23.8 Å². The molecule has 0 radical (unpaired) electrons. The topological polar surface area (TPSA) is 35.2 Å². The van der Waals surface area contributed by atoms with Crippen LogP contribution in [0.1, 0.15) is 5.56 Å². The SMILES string of the molecule is Nc1ccccc1CCOc1ccc(F)c(Cl)c1. The molecule has 18 heavy (non-hydrogen) atoms. The third-order valence-corrected chi connectivity index (χ3v) is 2.88. The minimum Gasteiger partial charge on any atom is -0.493 e. The number of nitrogens with two attached hydrogens (primary N) is 1. The van der Waals surface area contributed by atoms with Crippen molar-refractivity contribution in [2.45, 2.75) is 6.42 Å². The Balaban J connectivity index is 1.92. The molecular formula is C14H13ClFNO. The normalized spacial score (nSPS) is 10.3. The monoisotopic (exact) mass is 265 g/mol. The van der Waals surface area contributed by atoms with Crippen LogP contribution < -0.4 is 10.5 Å². The van der Waals surface area contributed by atoms with Gasteiger partial charge in [-0.15, -0.1) is 0 Å². The van der Waals surface area contributed by atoms with Crippen LogP contribution in [0.2, 0.25) is 5.02 Å². The summed E-state index contributed by atoms with van der Waals surface area (Å²) in [5, 5.41) is 0.0618. The number of halogens is 2. The van der Waals surface area contributed by atoms with Crippen molar-refractivity contribution in [1.82, 2.24) is 0 Å². The van der Waals surface area contributed by atoms with E-state index in [0.29, 0.717) is 18.8 Å². The first-order chi connectivity index (χ1) is 8.66. The predicted octanol–water partition coefficient (Wildman–Crippen LogP) is 3.68. The molecule has 0 fully saturated rings. The van der Waals surface area contributed by atoms with E-state index in [1.165, 1.54) is 12.1 Å². The van der Waals surface area contributed by atoms with E-state index in [0.717, 1.165) is 11.3 Å². The summed E-state index contributed by atoms with van der Waals surface area (Å²) in [5.41, 5.74) is 7.60. The lowest BCUT2D eigenvalue weighted by atomic mass is 10.1. The highest BCUT2D eigenvalue weighted by atomic mass is 35.5. The lowest BCUT2D eigenvalue weighted by Crippen LogP contribution is -2.03. The molecule has 0 bridgehead atoms. The summed E-state index contributed by atoms with van der Waals surface area (Å²) in [6, 6.07) is 11.9. The highest BCUT2D eigenvalue weighted by molar-refractivity contribution is 6.30. The van der Waals surface area contributed by atoms with E-state index in [9.17, 15) is 4.39 Å². The molecule has 2 aromatic rings. The summed E-state index contributed by atoms with van der Waals surface area (Å²) in [6.07, 6.45) is 0.696. The van der Waals surface area contributed by atoms with Crippen LogP contribution >= 0.6 is 11.6 Å². The van der Waals surface area contributed by atoms with Gasteiger partial charge in [0.2, 0.25) is 0 Å². The molecule has 0 aliphatic rings. The molecule has 0 aliphatic carbocycles. The van der Waals surface area contributed by atoms with Gasteiger partial charge in [0.15, 0.2) is 0 Å². The van der Waals surface area contributed by atoms with Gasteiger partial charge in [-0.2, -0.15) is 0 Å². The Morgan fingerprint density at radius 2 is 1.94 bits per heavy atom. The van der Waals surface area contributed by atoms with E-state index >= 15 is 0 Å². The molecule has 2 nitrogen and oxygen atoms in total. The molecule has 0 saturated heterocycles. The maximum absolute atomic E-state index is 12.9. The van der Waals surface area contributed by atoms with E-state index in [-0.39, 0.29) is 5.02 Å². The quantitative estimate of drug-likeness (QED) is 0.856. The van der Waals surface area contributed by atoms with Gasteiger partial charge in [-0.1, -0.05) is 29.8 Å². The van der Waals surface area contributed by atoms with Crippen LogP contribution in [0.15, 0.2) is 42.5 Å². The zero-order valence-electron chi connectivity index (χ0n) is 9.70. The highest BCUT2D eigenvalue weighted by Crippen LogP contribution is 2.21. The van der Waals surface area contributed by atoms with Crippen molar-refractivity contribution >= 4 is 17.3 Å². The Morgan fingerprint density at radius 3 is 2.67 bits per heavy atom. The number of hydrogen-bond acceptors (Lipinski definition) is 2. The molecule has 2 aromatic carbocycles. The number of rotatable bonds is 4. The molecule has 4 heteroatoms. The molecule has 0 aliphatic heterocycles. The number of para-hydroxylation sites is 1. The molecule has 2 N–H and O–H groups in total. The number of ether oxygens (including phenoxy) is 1. The molecular weight excluding hydrogens is 253 g/mol. The van der Waals surface area contributed by atoms with Gasteiger partial charge in [-0.25, -0.2) is 4.39 Å². The summed E-state index contributed by atoms with van der Waals surface area (Å²) in [7, 11) is 0. The Kier molecular flexibility index (Phi) is 4.05. The van der Waals surface area contributed by atoms with Gasteiger partial charge in [0, 0.05) is 18.2 Å². The minimum atomic E-state index is -0.448. The summed E-state index contributed by atoms with van der Waals surface area (Å²) in [4.78, 5) is 0. The van der Waals surface area contributed by atoms with Crippen LogP contribution in [0, 0.1) is 5.82 Å². The number of anilines is 1. The lowest BCUT2D eigenvalue weighted by Gasteiger charge is -2.08. The minimum absolute atomic E-state index is 0.0618. The lowest BCUT2D eigenvalue weighted by molar-refractivity contribution is 0.321. The van der Waals surface area contributed by atoms with Crippen LogP contribution in [0.4, 0.5) is 10.1 Å². The van der Waals surface area contributed by atoms with Crippen molar-refractivity contribution in [3.05, 3.63) is 58.9 Å². The summed E-state index contributed by atoms with van der Waals surface area (Å²) < 4.78 is 18.4. The fourth-order valence-electron chi connectivity index (χ4n) is 1.61. The van der Waals surface area contributed by atoms with Crippen LogP contribution in [0.5, 0.6) is 5.75 Å². The van der Waals surface area contributed by atoms with Crippen molar-refractivity contribution < 1.29 is 9.13 Å². The van der Waals surface area contributed by atoms with Crippen molar-refractivity contribution in [1.29, 1.82) is 0 Å². The molecule has 0 aromatic heterocycles. The Labute approximate surface area is 110 Å². The van der Waals surface area contributed by atoms with Crippen LogP contribution in [0.3, 0.4) is 0 Å². The first-order valence-electron chi connectivity index (χ1n) is 5.58. The second-order valence-electron chi connectivity index (χ2n) is 3.87. The molecule has 0 unspecified atom stereocenters. The first-order valence-corrected chi connectivity index (χ1v) is 5.96. The Bertz CT molecular complexity index is 545. The fraction of sp³-hybridized carbons (Fsp3) is 0.143. The van der Waals surface area contributed by atoms with Gasteiger partial charge in [0.1, 0.15) is 11.6 Å². The van der Waals surface area contributed by atoms with Gasteiger partial charge >= 0.3 is 0 Å². The largest absolute Gasteiger partial charge is 0.493 e. The molecule has 0 saturated carbocycles. The zero-order valence-corrected chi connectivity index (χ0v) is 10.5. The van der Waals surface area contributed by atoms with Gasteiger partial charge in [0.05, 0.1) is 11.6 Å². The fourth-order valence-corrected chi connectivity index (χ4v) is 1.78. The van der Waals surface area contributed by atoms with E-state index in [4.69, 9.17) is 22.1 Å². The predicted molar refractivity (Wildman–Crippen MR) is 71.5 cm³/mol. The number of hydrogen-bond donors (Lipinski definition) is 1. The van der Waals surface area contributed by atoms with Crippen LogP contribution in [-0.2, 0) is 6.42 Å².